The van der Waals surface area contributed by atoms with Gasteiger partial charge in [-0.25, -0.2) is 4.98 Å². The molecule has 3 aromatic carbocycles. The average molecular weight is 358 g/mol. The lowest BCUT2D eigenvalue weighted by atomic mass is 10.0. The van der Waals surface area contributed by atoms with Crippen molar-refractivity contribution >= 4 is 33.7 Å². The fourth-order valence-electron chi connectivity index (χ4n) is 3.05. The zero-order chi connectivity index (χ0) is 17.9. The summed E-state index contributed by atoms with van der Waals surface area (Å²) >= 11 is 1.64. The van der Waals surface area contributed by atoms with E-state index >= 15 is 0 Å². The first-order chi connectivity index (χ1) is 12.7. The number of anilines is 1. The van der Waals surface area contributed by atoms with E-state index in [0.29, 0.717) is 6.42 Å². The highest BCUT2D eigenvalue weighted by Gasteiger charge is 2.08. The number of rotatable bonds is 4. The molecule has 0 atom stereocenters. The molecule has 1 N–H and O–H groups in total. The van der Waals surface area contributed by atoms with Crippen LogP contribution in [0.2, 0.25) is 0 Å². The van der Waals surface area contributed by atoms with Gasteiger partial charge in [-0.3, -0.25) is 4.79 Å². The highest BCUT2D eigenvalue weighted by Crippen LogP contribution is 2.23. The number of amides is 1. The zero-order valence-electron chi connectivity index (χ0n) is 14.4. The summed E-state index contributed by atoms with van der Waals surface area (Å²) in [6.07, 6.45) is 0.356. The second kappa shape index (κ2) is 7.10. The highest BCUT2D eigenvalue weighted by molar-refractivity contribution is 7.09. The van der Waals surface area contributed by atoms with Gasteiger partial charge < -0.3 is 5.32 Å². The molecule has 128 valence electrons. The molecule has 0 unspecified atom stereocenters. The van der Waals surface area contributed by atoms with Crippen molar-refractivity contribution in [1.29, 1.82) is 0 Å². The van der Waals surface area contributed by atoms with E-state index in [4.69, 9.17) is 0 Å². The van der Waals surface area contributed by atoms with Gasteiger partial charge in [0.05, 0.1) is 17.1 Å². The zero-order valence-corrected chi connectivity index (χ0v) is 15.2. The van der Waals surface area contributed by atoms with Crippen LogP contribution in [0.25, 0.3) is 22.0 Å². The van der Waals surface area contributed by atoms with E-state index in [2.05, 4.69) is 28.5 Å². The number of benzene rings is 3. The molecule has 0 saturated heterocycles. The van der Waals surface area contributed by atoms with E-state index in [0.717, 1.165) is 38.3 Å². The van der Waals surface area contributed by atoms with Gasteiger partial charge in [0.25, 0.3) is 0 Å². The molecule has 1 amide bonds. The SMILES string of the molecule is Cc1nc(-c2ccc(NC(=O)Cc3cccc4ccccc34)cc2)cs1. The third-order valence-electron chi connectivity index (χ3n) is 4.31. The third kappa shape index (κ3) is 3.51. The van der Waals surface area contributed by atoms with Crippen LogP contribution in [0.15, 0.2) is 72.1 Å². The van der Waals surface area contributed by atoms with Crippen LogP contribution in [0.5, 0.6) is 0 Å². The molecule has 0 aliphatic heterocycles. The molecule has 4 heteroatoms. The minimum atomic E-state index is -0.0152. The predicted molar refractivity (Wildman–Crippen MR) is 109 cm³/mol. The largest absolute Gasteiger partial charge is 0.326 e. The number of thiazole rings is 1. The summed E-state index contributed by atoms with van der Waals surface area (Å²) in [5, 5.41) is 8.35. The van der Waals surface area contributed by atoms with Crippen LogP contribution in [0, 0.1) is 6.92 Å². The second-order valence-electron chi connectivity index (χ2n) is 6.19. The maximum atomic E-state index is 12.5. The number of carbonyl (C=O) groups excluding carboxylic acids is 1. The quantitative estimate of drug-likeness (QED) is 0.527. The molecule has 26 heavy (non-hydrogen) atoms. The van der Waals surface area contributed by atoms with Crippen molar-refractivity contribution in [1.82, 2.24) is 4.98 Å². The molecule has 0 bridgehead atoms. The molecular formula is C22H18N2OS. The number of carbonyl (C=O) groups is 1. The minimum absolute atomic E-state index is 0.0152. The van der Waals surface area contributed by atoms with Gasteiger partial charge in [0.15, 0.2) is 0 Å². The van der Waals surface area contributed by atoms with Crippen molar-refractivity contribution < 1.29 is 4.79 Å². The fourth-order valence-corrected chi connectivity index (χ4v) is 3.67. The maximum Gasteiger partial charge on any atom is 0.228 e. The molecule has 1 aromatic heterocycles. The summed E-state index contributed by atoms with van der Waals surface area (Å²) in [7, 11) is 0. The second-order valence-corrected chi connectivity index (χ2v) is 7.25. The number of aryl methyl sites for hydroxylation is 1. The number of hydrogen-bond donors (Lipinski definition) is 1. The molecule has 4 aromatic rings. The van der Waals surface area contributed by atoms with Crippen LogP contribution in [0.3, 0.4) is 0 Å². The summed E-state index contributed by atoms with van der Waals surface area (Å²) in [6.45, 7) is 2.00. The van der Waals surface area contributed by atoms with Gasteiger partial charge in [-0.1, -0.05) is 54.6 Å². The van der Waals surface area contributed by atoms with Gasteiger partial charge in [0.2, 0.25) is 5.91 Å². The Morgan fingerprint density at radius 2 is 1.77 bits per heavy atom. The van der Waals surface area contributed by atoms with Crippen LogP contribution in [0.1, 0.15) is 10.6 Å². The molecule has 1 heterocycles. The van der Waals surface area contributed by atoms with Crippen molar-refractivity contribution in [2.45, 2.75) is 13.3 Å². The molecule has 0 aliphatic rings. The van der Waals surface area contributed by atoms with Crippen LogP contribution in [-0.4, -0.2) is 10.9 Å². The van der Waals surface area contributed by atoms with Gasteiger partial charge in [-0.2, -0.15) is 0 Å². The van der Waals surface area contributed by atoms with Crippen molar-refractivity contribution in [3.8, 4) is 11.3 Å². The van der Waals surface area contributed by atoms with E-state index in [1.54, 1.807) is 11.3 Å². The van der Waals surface area contributed by atoms with Crippen molar-refractivity contribution in [3.63, 3.8) is 0 Å². The number of hydrogen-bond acceptors (Lipinski definition) is 3. The first-order valence-corrected chi connectivity index (χ1v) is 9.36. The third-order valence-corrected chi connectivity index (χ3v) is 5.09. The molecule has 0 spiro atoms. The van der Waals surface area contributed by atoms with Crippen LogP contribution >= 0.6 is 11.3 Å². The molecule has 3 nitrogen and oxygen atoms in total. The molecular weight excluding hydrogens is 340 g/mol. The molecule has 0 aliphatic carbocycles. The number of nitrogens with one attached hydrogen (secondary N) is 1. The van der Waals surface area contributed by atoms with Gasteiger partial charge >= 0.3 is 0 Å². The van der Waals surface area contributed by atoms with E-state index < -0.39 is 0 Å². The number of aromatic nitrogens is 1. The summed E-state index contributed by atoms with van der Waals surface area (Å²) in [5.41, 5.74) is 3.86. The highest BCUT2D eigenvalue weighted by atomic mass is 32.1. The molecule has 4 rings (SSSR count). The lowest BCUT2D eigenvalue weighted by Gasteiger charge is -2.08. The van der Waals surface area contributed by atoms with E-state index in [9.17, 15) is 4.79 Å². The topological polar surface area (TPSA) is 42.0 Å². The Hall–Kier alpha value is -2.98. The maximum absolute atomic E-state index is 12.5. The summed E-state index contributed by atoms with van der Waals surface area (Å²) in [5.74, 6) is -0.0152. The first kappa shape index (κ1) is 16.5. The van der Waals surface area contributed by atoms with Crippen LogP contribution < -0.4 is 5.32 Å². The van der Waals surface area contributed by atoms with Gasteiger partial charge in [-0.05, 0) is 35.4 Å². The van der Waals surface area contributed by atoms with Gasteiger partial charge in [0.1, 0.15) is 0 Å². The van der Waals surface area contributed by atoms with Gasteiger partial charge in [-0.15, -0.1) is 11.3 Å². The van der Waals surface area contributed by atoms with E-state index in [-0.39, 0.29) is 5.91 Å². The standard InChI is InChI=1S/C22H18N2OS/c1-15-23-21(14-26-15)17-9-11-19(12-10-17)24-22(25)13-18-7-4-6-16-5-2-3-8-20(16)18/h2-12,14H,13H2,1H3,(H,24,25). The van der Waals surface area contributed by atoms with E-state index in [1.807, 2.05) is 60.8 Å². The molecule has 0 saturated carbocycles. The average Bonchev–Trinajstić information content (AvgIpc) is 3.09. The normalized spacial score (nSPS) is 10.8. The summed E-state index contributed by atoms with van der Waals surface area (Å²) in [4.78, 5) is 16.9. The smallest absolute Gasteiger partial charge is 0.228 e. The van der Waals surface area contributed by atoms with Crippen LogP contribution in [0.4, 0.5) is 5.69 Å². The molecule has 0 radical (unpaired) electrons. The van der Waals surface area contributed by atoms with Gasteiger partial charge in [0, 0.05) is 16.6 Å². The molecule has 0 fully saturated rings. The summed E-state index contributed by atoms with van der Waals surface area (Å²) in [6, 6.07) is 22.0. The Kier molecular flexibility index (Phi) is 4.50. The number of fused-ring (bicyclic) bond motifs is 1. The summed E-state index contributed by atoms with van der Waals surface area (Å²) < 4.78 is 0. The minimum Gasteiger partial charge on any atom is -0.326 e. The lowest BCUT2D eigenvalue weighted by Crippen LogP contribution is -2.14. The Balaban J connectivity index is 1.48. The van der Waals surface area contributed by atoms with Crippen molar-refractivity contribution in [3.05, 3.63) is 82.7 Å². The Labute approximate surface area is 156 Å². The number of nitrogens with zero attached hydrogens (tertiary/aromatic N) is 1. The predicted octanol–water partition coefficient (Wildman–Crippen LogP) is 5.45. The van der Waals surface area contributed by atoms with Crippen molar-refractivity contribution in [2.75, 3.05) is 5.32 Å². The van der Waals surface area contributed by atoms with E-state index in [1.165, 1.54) is 0 Å². The monoisotopic (exact) mass is 358 g/mol. The first-order valence-electron chi connectivity index (χ1n) is 8.48. The Morgan fingerprint density at radius 1 is 1.00 bits per heavy atom. The Morgan fingerprint density at radius 3 is 2.54 bits per heavy atom. The Bertz CT molecular complexity index is 1060. The lowest BCUT2D eigenvalue weighted by molar-refractivity contribution is -0.115. The fraction of sp³-hybridized carbons (Fsp3) is 0.0909. The van der Waals surface area contributed by atoms with Crippen LogP contribution in [-0.2, 0) is 11.2 Å². The van der Waals surface area contributed by atoms with Crippen molar-refractivity contribution in [2.24, 2.45) is 0 Å².